The molecular weight excluding hydrogens is 380 g/mol. The van der Waals surface area contributed by atoms with Crippen LogP contribution in [0.4, 0.5) is 0 Å². The molecule has 0 radical (unpaired) electrons. The Morgan fingerprint density at radius 3 is 2.31 bits per heavy atom. The van der Waals surface area contributed by atoms with E-state index < -0.39 is 0 Å². The van der Waals surface area contributed by atoms with Gasteiger partial charge in [0.25, 0.3) is 0 Å². The predicted octanol–water partition coefficient (Wildman–Crippen LogP) is 5.18. The van der Waals surface area contributed by atoms with Crippen LogP contribution in [0.3, 0.4) is 0 Å². The molecule has 152 valence electrons. The van der Waals surface area contributed by atoms with Crippen LogP contribution in [0.2, 0.25) is 5.15 Å². The van der Waals surface area contributed by atoms with Gasteiger partial charge in [-0.25, -0.2) is 4.98 Å². The summed E-state index contributed by atoms with van der Waals surface area (Å²) in [5.41, 5.74) is 3.48. The fourth-order valence-corrected chi connectivity index (χ4v) is 7.73. The van der Waals surface area contributed by atoms with Gasteiger partial charge in [-0.15, -0.1) is 0 Å². The van der Waals surface area contributed by atoms with Crippen LogP contribution in [0, 0.1) is 11.8 Å². The minimum absolute atomic E-state index is 0.206. The van der Waals surface area contributed by atoms with Gasteiger partial charge in [-0.3, -0.25) is 4.90 Å². The van der Waals surface area contributed by atoms with Crippen LogP contribution < -0.4 is 0 Å². The molecule has 1 saturated heterocycles. The van der Waals surface area contributed by atoms with Crippen molar-refractivity contribution in [3.8, 4) is 0 Å². The van der Waals surface area contributed by atoms with Crippen molar-refractivity contribution in [1.29, 1.82) is 0 Å². The number of methoxy groups -OCH3 is 1. The molecule has 4 bridgehead atoms. The first-order valence-electron chi connectivity index (χ1n) is 11.1. The Morgan fingerprint density at radius 1 is 1.00 bits per heavy atom. The van der Waals surface area contributed by atoms with Crippen molar-refractivity contribution >= 4 is 11.6 Å². The van der Waals surface area contributed by atoms with E-state index in [4.69, 9.17) is 16.3 Å². The molecule has 5 aliphatic rings. The number of halogens is 1. The summed E-state index contributed by atoms with van der Waals surface area (Å²) in [5.74, 6) is 1.06. The lowest BCUT2D eigenvalue weighted by Crippen LogP contribution is -2.79. The maximum absolute atomic E-state index is 6.39. The Hall–Kier alpha value is -1.42. The minimum atomic E-state index is -0.206. The number of pyridine rings is 1. The molecule has 5 fully saturated rings. The van der Waals surface area contributed by atoms with Crippen molar-refractivity contribution in [1.82, 2.24) is 9.88 Å². The van der Waals surface area contributed by atoms with Gasteiger partial charge in [0.2, 0.25) is 0 Å². The van der Waals surface area contributed by atoms with Gasteiger partial charge in [0, 0.05) is 49.2 Å². The molecule has 4 heteroatoms. The predicted molar refractivity (Wildman–Crippen MR) is 115 cm³/mol. The highest BCUT2D eigenvalue weighted by atomic mass is 35.5. The summed E-state index contributed by atoms with van der Waals surface area (Å²) < 4.78 is 6.39. The standard InChI is InChI=1S/C25H29ClN2O/c1-29-25(19-10-11-27-22(26)12-19)20-8-5-9-21(25)14-28(13-20)24-15-23(16-24,17-24)18-6-3-2-4-7-18/h2-4,6-7,10-12,20-21H,5,8-9,13-17H2,1H3/t20-,21+,23?,24?,25+. The summed E-state index contributed by atoms with van der Waals surface area (Å²) in [4.78, 5) is 7.07. The number of ether oxygens (including phenoxy) is 1. The van der Waals surface area contributed by atoms with Crippen LogP contribution in [0.5, 0.6) is 0 Å². The molecule has 0 N–H and O–H groups in total. The fraction of sp³-hybridized carbons (Fsp3) is 0.560. The van der Waals surface area contributed by atoms with E-state index in [1.807, 2.05) is 19.4 Å². The zero-order valence-corrected chi connectivity index (χ0v) is 17.9. The van der Waals surface area contributed by atoms with Gasteiger partial charge in [-0.1, -0.05) is 48.4 Å². The van der Waals surface area contributed by atoms with E-state index in [0.29, 0.717) is 27.9 Å². The summed E-state index contributed by atoms with van der Waals surface area (Å²) >= 11 is 6.28. The second-order valence-electron chi connectivity index (χ2n) is 10.00. The molecule has 0 unspecified atom stereocenters. The lowest BCUT2D eigenvalue weighted by atomic mass is 9.36. The lowest BCUT2D eigenvalue weighted by Gasteiger charge is -2.76. The third kappa shape index (κ3) is 2.41. The van der Waals surface area contributed by atoms with E-state index in [-0.39, 0.29) is 5.60 Å². The molecule has 4 saturated carbocycles. The van der Waals surface area contributed by atoms with E-state index in [1.54, 1.807) is 5.56 Å². The molecule has 4 aliphatic carbocycles. The van der Waals surface area contributed by atoms with E-state index in [2.05, 4.69) is 46.3 Å². The molecule has 29 heavy (non-hydrogen) atoms. The number of aromatic nitrogens is 1. The third-order valence-electron chi connectivity index (χ3n) is 8.77. The molecule has 3 nitrogen and oxygen atoms in total. The first kappa shape index (κ1) is 18.4. The van der Waals surface area contributed by atoms with Gasteiger partial charge in [0.05, 0.1) is 0 Å². The first-order chi connectivity index (χ1) is 14.1. The van der Waals surface area contributed by atoms with Gasteiger partial charge in [0.1, 0.15) is 10.8 Å². The van der Waals surface area contributed by atoms with Gasteiger partial charge in [0.15, 0.2) is 0 Å². The molecule has 1 aliphatic heterocycles. The summed E-state index contributed by atoms with van der Waals surface area (Å²) in [5, 5.41) is 0.573. The van der Waals surface area contributed by atoms with Gasteiger partial charge in [-0.05, 0) is 55.4 Å². The molecular formula is C25H29ClN2O. The molecule has 2 aromatic rings. The molecule has 1 aromatic heterocycles. The topological polar surface area (TPSA) is 25.4 Å². The average molecular weight is 409 g/mol. The highest BCUT2D eigenvalue weighted by molar-refractivity contribution is 6.29. The first-order valence-corrected chi connectivity index (χ1v) is 11.5. The fourth-order valence-electron chi connectivity index (χ4n) is 7.56. The number of hydrogen-bond acceptors (Lipinski definition) is 3. The number of hydrogen-bond donors (Lipinski definition) is 0. The van der Waals surface area contributed by atoms with Crippen LogP contribution in [-0.2, 0) is 15.8 Å². The largest absolute Gasteiger partial charge is 0.373 e. The van der Waals surface area contributed by atoms with Gasteiger partial charge in [-0.2, -0.15) is 0 Å². The van der Waals surface area contributed by atoms with Crippen molar-refractivity contribution < 1.29 is 4.74 Å². The van der Waals surface area contributed by atoms with Crippen LogP contribution >= 0.6 is 11.6 Å². The normalized spacial score (nSPS) is 40.8. The van der Waals surface area contributed by atoms with Crippen molar-refractivity contribution in [2.24, 2.45) is 11.8 Å². The van der Waals surface area contributed by atoms with Crippen molar-refractivity contribution in [3.63, 3.8) is 0 Å². The average Bonchev–Trinajstić information content (AvgIpc) is 2.66. The van der Waals surface area contributed by atoms with Crippen LogP contribution in [0.1, 0.15) is 49.7 Å². The second-order valence-corrected chi connectivity index (χ2v) is 10.4. The smallest absolute Gasteiger partial charge is 0.129 e. The van der Waals surface area contributed by atoms with Crippen molar-refractivity contribution in [2.75, 3.05) is 20.2 Å². The van der Waals surface area contributed by atoms with Gasteiger partial charge >= 0.3 is 0 Å². The monoisotopic (exact) mass is 408 g/mol. The summed E-state index contributed by atoms with van der Waals surface area (Å²) in [6.07, 6.45) is 9.64. The lowest BCUT2D eigenvalue weighted by molar-refractivity contribution is -0.236. The summed E-state index contributed by atoms with van der Waals surface area (Å²) in [6.45, 7) is 2.30. The molecule has 1 aromatic carbocycles. The van der Waals surface area contributed by atoms with Crippen LogP contribution in [0.25, 0.3) is 0 Å². The summed E-state index contributed by atoms with van der Waals surface area (Å²) in [6, 6.07) is 15.3. The van der Waals surface area contributed by atoms with Crippen LogP contribution in [0.15, 0.2) is 48.7 Å². The Bertz CT molecular complexity index is 896. The van der Waals surface area contributed by atoms with Crippen LogP contribution in [-0.4, -0.2) is 35.6 Å². The van der Waals surface area contributed by atoms with E-state index in [1.165, 1.54) is 44.1 Å². The third-order valence-corrected chi connectivity index (χ3v) is 8.98. The highest BCUT2D eigenvalue weighted by Gasteiger charge is 2.72. The SMILES string of the molecule is CO[C@@]1(c2ccnc(Cl)c2)[C@@H]2CCC[C@H]1CN(C13CC(c4ccccc4)(C1)C3)C2. The number of rotatable bonds is 4. The number of fused-ring (bicyclic) bond motifs is 2. The molecule has 7 rings (SSSR count). The number of piperidine rings is 1. The van der Waals surface area contributed by atoms with E-state index >= 15 is 0 Å². The quantitative estimate of drug-likeness (QED) is 0.651. The Kier molecular flexibility index (Phi) is 3.98. The number of benzene rings is 1. The van der Waals surface area contributed by atoms with Gasteiger partial charge < -0.3 is 4.74 Å². The number of likely N-dealkylation sites (tertiary alicyclic amines) is 1. The zero-order valence-electron chi connectivity index (χ0n) is 17.1. The maximum Gasteiger partial charge on any atom is 0.129 e. The zero-order chi connectivity index (χ0) is 19.7. The van der Waals surface area contributed by atoms with E-state index in [9.17, 15) is 0 Å². The molecule has 0 spiro atoms. The molecule has 2 heterocycles. The Labute approximate surface area is 178 Å². The molecule has 3 atom stereocenters. The maximum atomic E-state index is 6.39. The van der Waals surface area contributed by atoms with Crippen molar-refractivity contribution in [3.05, 3.63) is 64.9 Å². The highest BCUT2D eigenvalue weighted by Crippen LogP contribution is 2.71. The second kappa shape index (κ2) is 6.29. The summed E-state index contributed by atoms with van der Waals surface area (Å²) in [7, 11) is 1.90. The van der Waals surface area contributed by atoms with E-state index in [0.717, 1.165) is 13.1 Å². The minimum Gasteiger partial charge on any atom is -0.373 e. The Balaban J connectivity index is 1.26. The molecule has 0 amide bonds. The Morgan fingerprint density at radius 2 is 1.69 bits per heavy atom. The number of nitrogens with zero attached hydrogens (tertiary/aromatic N) is 2. The van der Waals surface area contributed by atoms with Crippen molar-refractivity contribution in [2.45, 2.75) is 55.1 Å².